The van der Waals surface area contributed by atoms with E-state index < -0.39 is 0 Å². The van der Waals surface area contributed by atoms with E-state index in [9.17, 15) is 4.79 Å². The number of benzene rings is 2. The van der Waals surface area contributed by atoms with Crippen LogP contribution in [0.1, 0.15) is 5.56 Å². The molecule has 98 valence electrons. The largest absolute Gasteiger partial charge is 0.325 e. The summed E-state index contributed by atoms with van der Waals surface area (Å²) in [6, 6.07) is 17.6. The molecule has 3 nitrogen and oxygen atoms in total. The molecule has 0 radical (unpaired) electrons. The molecule has 1 amide bonds. The SMILES string of the molecule is O=C(Cc1ccncc1)Nc1cccc2ccccc12. The average Bonchev–Trinajstić information content (AvgIpc) is 2.48. The number of amides is 1. The van der Waals surface area contributed by atoms with Crippen LogP contribution in [-0.2, 0) is 11.2 Å². The topological polar surface area (TPSA) is 42.0 Å². The Morgan fingerprint density at radius 2 is 1.70 bits per heavy atom. The molecule has 0 saturated heterocycles. The van der Waals surface area contributed by atoms with Crippen molar-refractivity contribution in [2.24, 2.45) is 0 Å². The fourth-order valence-corrected chi connectivity index (χ4v) is 2.21. The number of rotatable bonds is 3. The van der Waals surface area contributed by atoms with Crippen LogP contribution in [0.2, 0.25) is 0 Å². The van der Waals surface area contributed by atoms with Gasteiger partial charge in [-0.05, 0) is 29.1 Å². The van der Waals surface area contributed by atoms with E-state index in [0.717, 1.165) is 22.0 Å². The smallest absolute Gasteiger partial charge is 0.228 e. The highest BCUT2D eigenvalue weighted by atomic mass is 16.1. The summed E-state index contributed by atoms with van der Waals surface area (Å²) in [5, 5.41) is 5.15. The van der Waals surface area contributed by atoms with Crippen LogP contribution >= 0.6 is 0 Å². The summed E-state index contributed by atoms with van der Waals surface area (Å²) in [5.74, 6) is -0.0208. The molecule has 20 heavy (non-hydrogen) atoms. The first-order valence-electron chi connectivity index (χ1n) is 6.49. The average molecular weight is 262 g/mol. The summed E-state index contributed by atoms with van der Waals surface area (Å²) in [6.07, 6.45) is 3.74. The number of fused-ring (bicyclic) bond motifs is 1. The van der Waals surface area contributed by atoms with Crippen molar-refractivity contribution >= 4 is 22.4 Å². The molecule has 1 N–H and O–H groups in total. The van der Waals surface area contributed by atoms with E-state index >= 15 is 0 Å². The zero-order valence-corrected chi connectivity index (χ0v) is 10.9. The van der Waals surface area contributed by atoms with Gasteiger partial charge in [-0.3, -0.25) is 9.78 Å². The maximum Gasteiger partial charge on any atom is 0.228 e. The molecule has 1 heterocycles. The van der Waals surface area contributed by atoms with Crippen LogP contribution < -0.4 is 5.32 Å². The number of carbonyl (C=O) groups is 1. The molecule has 0 spiro atoms. The number of hydrogen-bond donors (Lipinski definition) is 1. The highest BCUT2D eigenvalue weighted by Crippen LogP contribution is 2.23. The van der Waals surface area contributed by atoms with E-state index in [2.05, 4.69) is 10.3 Å². The number of nitrogens with one attached hydrogen (secondary N) is 1. The van der Waals surface area contributed by atoms with Gasteiger partial charge in [0.15, 0.2) is 0 Å². The van der Waals surface area contributed by atoms with E-state index in [1.165, 1.54) is 0 Å². The quantitative estimate of drug-likeness (QED) is 0.786. The van der Waals surface area contributed by atoms with Crippen molar-refractivity contribution in [1.82, 2.24) is 4.98 Å². The van der Waals surface area contributed by atoms with Crippen LogP contribution in [0.3, 0.4) is 0 Å². The zero-order valence-electron chi connectivity index (χ0n) is 10.9. The molecule has 0 atom stereocenters. The third kappa shape index (κ3) is 2.67. The van der Waals surface area contributed by atoms with Gasteiger partial charge in [-0.1, -0.05) is 36.4 Å². The predicted molar refractivity (Wildman–Crippen MR) is 80.5 cm³/mol. The minimum atomic E-state index is -0.0208. The van der Waals surface area contributed by atoms with Crippen LogP contribution in [0.4, 0.5) is 5.69 Å². The summed E-state index contributed by atoms with van der Waals surface area (Å²) in [7, 11) is 0. The molecule has 3 aromatic rings. The molecule has 0 aliphatic rings. The van der Waals surface area contributed by atoms with Gasteiger partial charge < -0.3 is 5.32 Å². The Labute approximate surface area is 117 Å². The first kappa shape index (κ1) is 12.4. The Kier molecular flexibility index (Phi) is 3.42. The summed E-state index contributed by atoms with van der Waals surface area (Å²) in [5.41, 5.74) is 1.81. The highest BCUT2D eigenvalue weighted by Gasteiger charge is 2.06. The minimum absolute atomic E-state index is 0.0208. The third-order valence-electron chi connectivity index (χ3n) is 3.18. The summed E-state index contributed by atoms with van der Waals surface area (Å²) in [4.78, 5) is 16.0. The van der Waals surface area contributed by atoms with Gasteiger partial charge in [0, 0.05) is 23.5 Å². The Hall–Kier alpha value is -2.68. The maximum absolute atomic E-state index is 12.1. The third-order valence-corrected chi connectivity index (χ3v) is 3.18. The van der Waals surface area contributed by atoms with Gasteiger partial charge in [0.1, 0.15) is 0 Å². The lowest BCUT2D eigenvalue weighted by atomic mass is 10.1. The van der Waals surface area contributed by atoms with Crippen molar-refractivity contribution in [1.29, 1.82) is 0 Å². The highest BCUT2D eigenvalue weighted by molar-refractivity contribution is 6.02. The van der Waals surface area contributed by atoms with Crippen LogP contribution in [0.15, 0.2) is 67.0 Å². The second-order valence-corrected chi connectivity index (χ2v) is 4.61. The van der Waals surface area contributed by atoms with Gasteiger partial charge in [0.25, 0.3) is 0 Å². The summed E-state index contributed by atoms with van der Waals surface area (Å²) in [6.45, 7) is 0. The van der Waals surface area contributed by atoms with Gasteiger partial charge >= 0.3 is 0 Å². The van der Waals surface area contributed by atoms with Crippen LogP contribution in [0, 0.1) is 0 Å². The standard InChI is InChI=1S/C17H14N2O/c20-17(12-13-8-10-18-11-9-13)19-16-7-3-5-14-4-1-2-6-15(14)16/h1-11H,12H2,(H,19,20). The number of pyridine rings is 1. The molecule has 0 saturated carbocycles. The number of anilines is 1. The van der Waals surface area contributed by atoms with Crippen molar-refractivity contribution in [2.75, 3.05) is 5.32 Å². The van der Waals surface area contributed by atoms with Crippen molar-refractivity contribution in [3.63, 3.8) is 0 Å². The summed E-state index contributed by atoms with van der Waals surface area (Å²) < 4.78 is 0. The molecule has 0 aliphatic heterocycles. The van der Waals surface area contributed by atoms with E-state index in [1.807, 2.05) is 54.6 Å². The lowest BCUT2D eigenvalue weighted by molar-refractivity contribution is -0.115. The fraction of sp³-hybridized carbons (Fsp3) is 0.0588. The lowest BCUT2D eigenvalue weighted by Gasteiger charge is -2.08. The van der Waals surface area contributed by atoms with Gasteiger partial charge in [-0.15, -0.1) is 0 Å². The minimum Gasteiger partial charge on any atom is -0.325 e. The molecular weight excluding hydrogens is 248 g/mol. The van der Waals surface area contributed by atoms with E-state index in [1.54, 1.807) is 12.4 Å². The van der Waals surface area contributed by atoms with Crippen LogP contribution in [-0.4, -0.2) is 10.9 Å². The van der Waals surface area contributed by atoms with Crippen molar-refractivity contribution in [3.05, 3.63) is 72.6 Å². The summed E-state index contributed by atoms with van der Waals surface area (Å²) >= 11 is 0. The first-order chi connectivity index (χ1) is 9.83. The second kappa shape index (κ2) is 5.53. The molecule has 0 aliphatic carbocycles. The van der Waals surface area contributed by atoms with Crippen molar-refractivity contribution < 1.29 is 4.79 Å². The van der Waals surface area contributed by atoms with Crippen molar-refractivity contribution in [2.45, 2.75) is 6.42 Å². The molecule has 2 aromatic carbocycles. The van der Waals surface area contributed by atoms with E-state index in [-0.39, 0.29) is 5.91 Å². The Bertz CT molecular complexity index is 733. The van der Waals surface area contributed by atoms with Crippen molar-refractivity contribution in [3.8, 4) is 0 Å². The number of carbonyl (C=O) groups excluding carboxylic acids is 1. The van der Waals surface area contributed by atoms with Gasteiger partial charge in [0.05, 0.1) is 6.42 Å². The predicted octanol–water partition coefficient (Wildman–Crippen LogP) is 3.42. The monoisotopic (exact) mass is 262 g/mol. The molecular formula is C17H14N2O. The Morgan fingerprint density at radius 3 is 2.55 bits per heavy atom. The normalized spacial score (nSPS) is 10.4. The molecule has 1 aromatic heterocycles. The zero-order chi connectivity index (χ0) is 13.8. The van der Waals surface area contributed by atoms with Gasteiger partial charge in [0.2, 0.25) is 5.91 Å². The first-order valence-corrected chi connectivity index (χ1v) is 6.49. The maximum atomic E-state index is 12.1. The van der Waals surface area contributed by atoms with E-state index in [4.69, 9.17) is 0 Å². The second-order valence-electron chi connectivity index (χ2n) is 4.61. The molecule has 0 unspecified atom stereocenters. The fourth-order valence-electron chi connectivity index (χ4n) is 2.21. The lowest BCUT2D eigenvalue weighted by Crippen LogP contribution is -2.14. The van der Waals surface area contributed by atoms with Gasteiger partial charge in [-0.25, -0.2) is 0 Å². The van der Waals surface area contributed by atoms with E-state index in [0.29, 0.717) is 6.42 Å². The van der Waals surface area contributed by atoms with Crippen LogP contribution in [0.25, 0.3) is 10.8 Å². The number of nitrogens with zero attached hydrogens (tertiary/aromatic N) is 1. The van der Waals surface area contributed by atoms with Crippen LogP contribution in [0.5, 0.6) is 0 Å². The molecule has 3 rings (SSSR count). The molecule has 0 bridgehead atoms. The number of hydrogen-bond acceptors (Lipinski definition) is 2. The Morgan fingerprint density at radius 1 is 0.950 bits per heavy atom. The Balaban J connectivity index is 1.81. The molecule has 0 fully saturated rings. The molecule has 3 heteroatoms. The number of aromatic nitrogens is 1. The van der Waals surface area contributed by atoms with Gasteiger partial charge in [-0.2, -0.15) is 0 Å².